The Hall–Kier alpha value is -4.39. The number of H-pyrrole nitrogens is 1. The maximum absolute atomic E-state index is 12.9. The molecule has 4 heterocycles. The van der Waals surface area contributed by atoms with Crippen LogP contribution in [0.25, 0.3) is 11.2 Å². The highest BCUT2D eigenvalue weighted by atomic mass is 16.6. The fourth-order valence-corrected chi connectivity index (χ4v) is 4.17. The van der Waals surface area contributed by atoms with Gasteiger partial charge in [-0.05, 0) is 12.1 Å². The van der Waals surface area contributed by atoms with Gasteiger partial charge >= 0.3 is 11.9 Å². The number of nitrogens with zero attached hydrogens (tertiary/aromatic N) is 4. The maximum Gasteiger partial charge on any atom is 0.303 e. The molecule has 0 radical (unpaired) electrons. The molecule has 2 aliphatic rings. The van der Waals surface area contributed by atoms with Crippen LogP contribution in [-0.4, -0.2) is 62.1 Å². The predicted molar refractivity (Wildman–Crippen MR) is 116 cm³/mol. The zero-order chi connectivity index (χ0) is 24.9. The molecule has 13 heteroatoms. The number of carbonyl (C=O) groups excluding carboxylic acids is 4. The molecular weight excluding hydrogens is 463 g/mol. The molecule has 13 nitrogen and oxygen atoms in total. The third-order valence-electron chi connectivity index (χ3n) is 5.68. The van der Waals surface area contributed by atoms with Crippen LogP contribution >= 0.6 is 0 Å². The summed E-state index contributed by atoms with van der Waals surface area (Å²) in [6.07, 6.45) is -0.791. The number of anilines is 1. The molecule has 2 amide bonds. The molecule has 0 spiro atoms. The van der Waals surface area contributed by atoms with Gasteiger partial charge in [0.15, 0.2) is 11.2 Å². The second-order valence-corrected chi connectivity index (χ2v) is 8.02. The normalized spacial score (nSPS) is 21.4. The van der Waals surface area contributed by atoms with E-state index in [9.17, 15) is 24.0 Å². The van der Waals surface area contributed by atoms with Crippen molar-refractivity contribution >= 4 is 40.9 Å². The first-order valence-electron chi connectivity index (χ1n) is 10.6. The minimum absolute atomic E-state index is 0.0403. The van der Waals surface area contributed by atoms with Crippen molar-refractivity contribution in [3.63, 3.8) is 0 Å². The molecule has 1 aromatic carbocycles. The fraction of sp³-hybridized carbons (Fsp3) is 0.318. The van der Waals surface area contributed by atoms with E-state index in [1.54, 1.807) is 12.1 Å². The number of nitrogens with one attached hydrogen (secondary N) is 1. The second kappa shape index (κ2) is 8.43. The topological polar surface area (TPSA) is 163 Å². The molecule has 35 heavy (non-hydrogen) atoms. The van der Waals surface area contributed by atoms with Crippen molar-refractivity contribution < 1.29 is 33.4 Å². The molecule has 180 valence electrons. The lowest BCUT2D eigenvalue weighted by Crippen LogP contribution is -2.33. The molecule has 3 aromatic rings. The number of imide groups is 1. The third kappa shape index (κ3) is 3.85. The molecule has 1 N–H and O–H groups in total. The highest BCUT2D eigenvalue weighted by Gasteiger charge is 2.41. The zero-order valence-electron chi connectivity index (χ0n) is 18.6. The quantitative estimate of drug-likeness (QED) is 0.311. The van der Waals surface area contributed by atoms with Crippen LogP contribution in [0.3, 0.4) is 0 Å². The van der Waals surface area contributed by atoms with Crippen LogP contribution < -0.4 is 10.5 Å². The van der Waals surface area contributed by atoms with E-state index in [2.05, 4.69) is 15.0 Å². The van der Waals surface area contributed by atoms with Gasteiger partial charge in [-0.25, -0.2) is 9.88 Å². The highest BCUT2D eigenvalue weighted by Crippen LogP contribution is 2.33. The van der Waals surface area contributed by atoms with Crippen molar-refractivity contribution in [1.29, 1.82) is 0 Å². The minimum Gasteiger partial charge on any atom is -0.463 e. The monoisotopic (exact) mass is 482 g/mol. The number of rotatable bonds is 5. The van der Waals surface area contributed by atoms with E-state index >= 15 is 0 Å². The molecular formula is C22H19N5O8. The van der Waals surface area contributed by atoms with Crippen LogP contribution in [0.4, 0.5) is 5.95 Å². The fourth-order valence-electron chi connectivity index (χ4n) is 4.17. The largest absolute Gasteiger partial charge is 0.463 e. The van der Waals surface area contributed by atoms with Crippen LogP contribution in [0, 0.1) is 0 Å². The van der Waals surface area contributed by atoms with Crippen LogP contribution in [0.2, 0.25) is 0 Å². The lowest BCUT2D eigenvalue weighted by molar-refractivity contribution is -0.155. The zero-order valence-corrected chi connectivity index (χ0v) is 18.6. The number of carbonyl (C=O) groups is 4. The number of amides is 2. The van der Waals surface area contributed by atoms with Gasteiger partial charge in [-0.15, -0.1) is 0 Å². The van der Waals surface area contributed by atoms with E-state index in [-0.39, 0.29) is 41.3 Å². The lowest BCUT2D eigenvalue weighted by atomic mass is 10.1. The summed E-state index contributed by atoms with van der Waals surface area (Å²) in [7, 11) is 0. The summed E-state index contributed by atoms with van der Waals surface area (Å²) >= 11 is 0. The Labute approximate surface area is 196 Å². The van der Waals surface area contributed by atoms with Crippen molar-refractivity contribution in [3.8, 4) is 0 Å². The van der Waals surface area contributed by atoms with Gasteiger partial charge in [-0.3, -0.25) is 33.5 Å². The Morgan fingerprint density at radius 3 is 2.43 bits per heavy atom. The molecule has 3 atom stereocenters. The predicted octanol–water partition coefficient (Wildman–Crippen LogP) is 0.702. The number of aromatic amines is 1. The number of benzene rings is 1. The average Bonchev–Trinajstić information content (AvgIpc) is 3.47. The Morgan fingerprint density at radius 1 is 1.11 bits per heavy atom. The highest BCUT2D eigenvalue weighted by molar-refractivity contribution is 6.33. The summed E-state index contributed by atoms with van der Waals surface area (Å²) in [6.45, 7) is 2.34. The Morgan fingerprint density at radius 2 is 1.80 bits per heavy atom. The van der Waals surface area contributed by atoms with E-state index < -0.39 is 47.7 Å². The molecule has 0 unspecified atom stereocenters. The van der Waals surface area contributed by atoms with Crippen molar-refractivity contribution in [2.75, 3.05) is 11.5 Å². The van der Waals surface area contributed by atoms with Crippen molar-refractivity contribution in [2.45, 2.75) is 38.7 Å². The summed E-state index contributed by atoms with van der Waals surface area (Å²) in [5.41, 5.74) is -0.247. The van der Waals surface area contributed by atoms with Crippen LogP contribution in [0.15, 0.2) is 35.4 Å². The second-order valence-electron chi connectivity index (χ2n) is 8.02. The third-order valence-corrected chi connectivity index (χ3v) is 5.68. The van der Waals surface area contributed by atoms with Crippen molar-refractivity contribution in [3.05, 3.63) is 52.1 Å². The van der Waals surface area contributed by atoms with Crippen LogP contribution in [0.5, 0.6) is 0 Å². The van der Waals surface area contributed by atoms with Gasteiger partial charge in [0.25, 0.3) is 17.4 Å². The molecule has 1 fully saturated rings. The van der Waals surface area contributed by atoms with Crippen LogP contribution in [-0.2, 0) is 23.8 Å². The molecule has 0 saturated carbocycles. The first-order chi connectivity index (χ1) is 16.7. The summed E-state index contributed by atoms with van der Waals surface area (Å²) in [5, 5.41) is 0. The summed E-state index contributed by atoms with van der Waals surface area (Å²) in [4.78, 5) is 72.9. The van der Waals surface area contributed by atoms with Gasteiger partial charge in [-0.1, -0.05) is 12.1 Å². The smallest absolute Gasteiger partial charge is 0.303 e. The van der Waals surface area contributed by atoms with Gasteiger partial charge in [0.1, 0.15) is 25.0 Å². The number of imidazole rings is 1. The Kier molecular flexibility index (Phi) is 5.40. The van der Waals surface area contributed by atoms with Crippen molar-refractivity contribution in [1.82, 2.24) is 19.5 Å². The minimum atomic E-state index is -0.783. The van der Waals surface area contributed by atoms with E-state index in [4.69, 9.17) is 14.2 Å². The molecule has 2 aliphatic heterocycles. The van der Waals surface area contributed by atoms with E-state index in [0.29, 0.717) is 0 Å². The maximum atomic E-state index is 12.9. The van der Waals surface area contributed by atoms with E-state index in [0.717, 1.165) is 4.90 Å². The number of ether oxygens (including phenoxy) is 3. The standard InChI is InChI=1S/C22H19N5O8/c1-10(28)33-8-15-14(34-11(2)29)7-16(35-15)26-9-23-17-18(26)24-22(25-19(17)30)27-20(31)12-5-3-4-6-13(12)21(27)32/h3-6,9,14-16H,7-8H2,1-2H3,(H,24,25,30)/t14-,15+,16+/m0/s1/i27+1. The molecule has 2 aromatic heterocycles. The molecule has 0 aliphatic carbocycles. The van der Waals surface area contributed by atoms with Gasteiger partial charge < -0.3 is 14.2 Å². The van der Waals surface area contributed by atoms with Gasteiger partial charge in [-0.2, -0.15) is 4.98 Å². The van der Waals surface area contributed by atoms with Gasteiger partial charge in [0.2, 0.25) is 5.95 Å². The molecule has 0 bridgehead atoms. The van der Waals surface area contributed by atoms with Gasteiger partial charge in [0, 0.05) is 20.3 Å². The number of hydrogen-bond acceptors (Lipinski definition) is 10. The van der Waals surface area contributed by atoms with Crippen LogP contribution in [0.1, 0.15) is 47.2 Å². The average molecular weight is 482 g/mol. The summed E-state index contributed by atoms with van der Waals surface area (Å²) in [5.74, 6) is -2.56. The Bertz CT molecular complexity index is 1410. The lowest BCUT2D eigenvalue weighted by Gasteiger charge is -2.17. The summed E-state index contributed by atoms with van der Waals surface area (Å²) < 4.78 is 17.7. The van der Waals surface area contributed by atoms with E-state index in [1.807, 2.05) is 0 Å². The van der Waals surface area contributed by atoms with Gasteiger partial charge in [0.05, 0.1) is 17.5 Å². The van der Waals surface area contributed by atoms with E-state index in [1.165, 1.54) is 36.9 Å². The molecule has 1 saturated heterocycles. The summed E-state index contributed by atoms with van der Waals surface area (Å²) in [6, 6.07) is 6.29. The first kappa shape index (κ1) is 22.4. The number of hydrogen-bond donors (Lipinski definition) is 1. The number of esters is 2. The van der Waals surface area contributed by atoms with Crippen molar-refractivity contribution in [2.24, 2.45) is 0 Å². The molecule has 5 rings (SSSR count). The first-order valence-corrected chi connectivity index (χ1v) is 10.6. The number of aromatic nitrogens is 4. The Balaban J connectivity index is 1.50. The number of fused-ring (bicyclic) bond motifs is 2. The SMILES string of the molecule is CC(=O)OC[C@H]1O[C@@H](n2cnc3c(=O)[nH]c([15N]4C(=O)c5ccccc5C4=O)nc32)C[C@@H]1OC(C)=O.